The summed E-state index contributed by atoms with van der Waals surface area (Å²) < 4.78 is 5.08. The normalized spacial score (nSPS) is 25.8. The highest BCUT2D eigenvalue weighted by Gasteiger charge is 2.46. The van der Waals surface area contributed by atoms with E-state index >= 15 is 0 Å². The van der Waals surface area contributed by atoms with E-state index in [0.717, 1.165) is 12.8 Å². The van der Waals surface area contributed by atoms with E-state index in [4.69, 9.17) is 10.5 Å². The predicted molar refractivity (Wildman–Crippen MR) is 70.7 cm³/mol. The molecule has 2 bridgehead atoms. The van der Waals surface area contributed by atoms with Crippen molar-refractivity contribution in [2.45, 2.75) is 19.3 Å². The lowest BCUT2D eigenvalue weighted by atomic mass is 9.96. The van der Waals surface area contributed by atoms with Crippen molar-refractivity contribution >= 4 is 23.2 Å². The monoisotopic (exact) mass is 260 g/mol. The van der Waals surface area contributed by atoms with Gasteiger partial charge in [0.05, 0.1) is 18.5 Å². The molecule has 5 heteroatoms. The Morgan fingerprint density at radius 1 is 1.21 bits per heavy atom. The maximum Gasteiger partial charge on any atom is 0.236 e. The number of ether oxygens (including phenoxy) is 1. The van der Waals surface area contributed by atoms with Crippen LogP contribution in [-0.2, 0) is 9.59 Å². The topological polar surface area (TPSA) is 72.6 Å². The molecule has 2 aliphatic rings. The van der Waals surface area contributed by atoms with Crippen molar-refractivity contribution in [1.29, 1.82) is 0 Å². The summed E-state index contributed by atoms with van der Waals surface area (Å²) in [6.45, 7) is 0. The number of hydrogen-bond donors (Lipinski definition) is 1. The van der Waals surface area contributed by atoms with Crippen molar-refractivity contribution in [1.82, 2.24) is 0 Å². The molecule has 1 aromatic rings. The average molecular weight is 260 g/mol. The van der Waals surface area contributed by atoms with Crippen LogP contribution in [0.3, 0.4) is 0 Å². The lowest BCUT2D eigenvalue weighted by Gasteiger charge is -2.30. The molecule has 2 unspecified atom stereocenters. The average Bonchev–Trinajstić information content (AvgIpc) is 2.85. The molecule has 5 nitrogen and oxygen atoms in total. The largest absolute Gasteiger partial charge is 0.497 e. The Morgan fingerprint density at radius 3 is 2.37 bits per heavy atom. The van der Waals surface area contributed by atoms with Gasteiger partial charge in [0.15, 0.2) is 0 Å². The van der Waals surface area contributed by atoms with Crippen molar-refractivity contribution in [3.63, 3.8) is 0 Å². The van der Waals surface area contributed by atoms with Gasteiger partial charge in [0.2, 0.25) is 11.8 Å². The third-order valence-corrected chi connectivity index (χ3v) is 4.05. The molecule has 1 aromatic carbocycles. The molecule has 1 heterocycles. The lowest BCUT2D eigenvalue weighted by Crippen LogP contribution is -2.46. The van der Waals surface area contributed by atoms with Gasteiger partial charge in [-0.15, -0.1) is 0 Å². The number of amides is 2. The first-order valence-electron chi connectivity index (χ1n) is 6.43. The number of nitrogen functional groups attached to an aromatic ring is 1. The van der Waals surface area contributed by atoms with Gasteiger partial charge in [-0.1, -0.05) is 0 Å². The van der Waals surface area contributed by atoms with Crippen molar-refractivity contribution < 1.29 is 14.3 Å². The zero-order chi connectivity index (χ0) is 13.6. The van der Waals surface area contributed by atoms with E-state index in [0.29, 0.717) is 23.5 Å². The first-order chi connectivity index (χ1) is 9.11. The van der Waals surface area contributed by atoms with Gasteiger partial charge in [-0.25, -0.2) is 4.90 Å². The zero-order valence-electron chi connectivity index (χ0n) is 10.8. The molecular formula is C14H16N2O3. The molecule has 2 atom stereocenters. The minimum atomic E-state index is -0.115. The van der Waals surface area contributed by atoms with Crippen molar-refractivity contribution in [2.75, 3.05) is 17.7 Å². The zero-order valence-corrected chi connectivity index (χ0v) is 10.8. The van der Waals surface area contributed by atoms with Crippen LogP contribution in [0.15, 0.2) is 18.2 Å². The molecule has 3 rings (SSSR count). The second-order valence-electron chi connectivity index (χ2n) is 5.14. The maximum absolute atomic E-state index is 12.3. The number of methoxy groups -OCH3 is 1. The second kappa shape index (κ2) is 4.26. The van der Waals surface area contributed by atoms with Crippen molar-refractivity contribution in [3.8, 4) is 5.75 Å². The minimum Gasteiger partial charge on any atom is -0.497 e. The summed E-state index contributed by atoms with van der Waals surface area (Å²) in [4.78, 5) is 25.9. The molecule has 19 heavy (non-hydrogen) atoms. The van der Waals surface area contributed by atoms with Gasteiger partial charge < -0.3 is 10.5 Å². The van der Waals surface area contributed by atoms with E-state index in [9.17, 15) is 9.59 Å². The maximum atomic E-state index is 12.3. The van der Waals surface area contributed by atoms with Crippen LogP contribution in [0.5, 0.6) is 5.75 Å². The number of nitrogens with two attached hydrogens (primary N) is 1. The van der Waals surface area contributed by atoms with E-state index in [1.54, 1.807) is 25.3 Å². The summed E-state index contributed by atoms with van der Waals surface area (Å²) >= 11 is 0. The summed E-state index contributed by atoms with van der Waals surface area (Å²) in [5.74, 6) is 0.334. The summed E-state index contributed by atoms with van der Waals surface area (Å²) in [6.07, 6.45) is 2.31. The number of piperidine rings is 1. The number of hydrogen-bond acceptors (Lipinski definition) is 4. The van der Waals surface area contributed by atoms with Crippen LogP contribution in [0.25, 0.3) is 0 Å². The van der Waals surface area contributed by atoms with Gasteiger partial charge in [-0.3, -0.25) is 9.59 Å². The Labute approximate surface area is 111 Å². The Balaban J connectivity index is 2.01. The van der Waals surface area contributed by atoms with Gasteiger partial charge in [0, 0.05) is 17.9 Å². The molecule has 2 N–H and O–H groups in total. The summed E-state index contributed by atoms with van der Waals surface area (Å²) in [5.41, 5.74) is 6.81. The Bertz CT molecular complexity index is 534. The SMILES string of the molecule is COc1ccc(N2C(=O)C3CCC(C3)C2=O)c(N)c1. The van der Waals surface area contributed by atoms with Crippen LogP contribution < -0.4 is 15.4 Å². The van der Waals surface area contributed by atoms with Gasteiger partial charge >= 0.3 is 0 Å². The van der Waals surface area contributed by atoms with Gasteiger partial charge in [-0.2, -0.15) is 0 Å². The fourth-order valence-electron chi connectivity index (χ4n) is 3.00. The van der Waals surface area contributed by atoms with Crippen LogP contribution in [-0.4, -0.2) is 18.9 Å². The van der Waals surface area contributed by atoms with Crippen LogP contribution >= 0.6 is 0 Å². The summed E-state index contributed by atoms with van der Waals surface area (Å²) in [7, 11) is 1.55. The molecule has 1 saturated heterocycles. The third-order valence-electron chi connectivity index (χ3n) is 4.05. The van der Waals surface area contributed by atoms with E-state index in [1.807, 2.05) is 0 Å². The predicted octanol–water partition coefficient (Wildman–Crippen LogP) is 1.57. The van der Waals surface area contributed by atoms with E-state index < -0.39 is 0 Å². The quantitative estimate of drug-likeness (QED) is 0.647. The third kappa shape index (κ3) is 1.77. The fourth-order valence-corrected chi connectivity index (χ4v) is 3.00. The van der Waals surface area contributed by atoms with Crippen LogP contribution in [0.1, 0.15) is 19.3 Å². The Kier molecular flexibility index (Phi) is 2.69. The number of rotatable bonds is 2. The molecule has 1 saturated carbocycles. The second-order valence-corrected chi connectivity index (χ2v) is 5.14. The Morgan fingerprint density at radius 2 is 1.84 bits per heavy atom. The van der Waals surface area contributed by atoms with E-state index in [1.165, 1.54) is 4.90 Å². The molecule has 0 spiro atoms. The van der Waals surface area contributed by atoms with Crippen molar-refractivity contribution in [3.05, 3.63) is 18.2 Å². The molecule has 0 radical (unpaired) electrons. The van der Waals surface area contributed by atoms with Crippen LogP contribution in [0.4, 0.5) is 11.4 Å². The number of imide groups is 1. The highest BCUT2D eigenvalue weighted by molar-refractivity contribution is 6.20. The molecule has 100 valence electrons. The first-order valence-corrected chi connectivity index (χ1v) is 6.43. The number of carbonyl (C=O) groups excluding carboxylic acids is 2. The van der Waals surface area contributed by atoms with Crippen molar-refractivity contribution in [2.24, 2.45) is 11.8 Å². The first kappa shape index (κ1) is 12.0. The molecule has 2 fully saturated rings. The number of fused-ring (bicyclic) bond motifs is 2. The van der Waals surface area contributed by atoms with E-state index in [-0.39, 0.29) is 23.7 Å². The van der Waals surface area contributed by atoms with Gasteiger partial charge in [0.1, 0.15) is 5.75 Å². The number of nitrogens with zero attached hydrogens (tertiary/aromatic N) is 1. The molecule has 2 amide bonds. The van der Waals surface area contributed by atoms with Gasteiger partial charge in [-0.05, 0) is 31.4 Å². The number of benzene rings is 1. The van der Waals surface area contributed by atoms with Crippen LogP contribution in [0.2, 0.25) is 0 Å². The number of anilines is 2. The molecule has 1 aliphatic carbocycles. The Hall–Kier alpha value is -2.04. The van der Waals surface area contributed by atoms with Gasteiger partial charge in [0.25, 0.3) is 0 Å². The standard InChI is InChI=1S/C14H16N2O3/c1-19-10-4-5-12(11(15)7-10)16-13(17)8-2-3-9(6-8)14(16)18/h4-5,7-9H,2-3,6,15H2,1H3. The van der Waals surface area contributed by atoms with E-state index in [2.05, 4.69) is 0 Å². The summed E-state index contributed by atoms with van der Waals surface area (Å²) in [5, 5.41) is 0. The highest BCUT2D eigenvalue weighted by atomic mass is 16.5. The number of carbonyl (C=O) groups is 2. The molecular weight excluding hydrogens is 244 g/mol. The lowest BCUT2D eigenvalue weighted by molar-refractivity contribution is -0.132. The fraction of sp³-hybridized carbons (Fsp3) is 0.429. The minimum absolute atomic E-state index is 0.0239. The highest BCUT2D eigenvalue weighted by Crippen LogP contribution is 2.41. The van der Waals surface area contributed by atoms with Crippen LogP contribution in [0, 0.1) is 11.8 Å². The summed E-state index contributed by atoms with van der Waals surface area (Å²) in [6, 6.07) is 5.02. The molecule has 1 aliphatic heterocycles. The smallest absolute Gasteiger partial charge is 0.236 e. The molecule has 0 aromatic heterocycles.